The molecule has 1 saturated heterocycles. The summed E-state index contributed by atoms with van der Waals surface area (Å²) in [5.74, 6) is 1.07. The minimum absolute atomic E-state index is 0.0457. The van der Waals surface area contributed by atoms with Gasteiger partial charge in [0.25, 0.3) is 0 Å². The highest BCUT2D eigenvalue weighted by molar-refractivity contribution is 5.83. The van der Waals surface area contributed by atoms with Crippen molar-refractivity contribution in [1.82, 2.24) is 10.6 Å². The molecular formula is C12H18N2O4. The van der Waals surface area contributed by atoms with Crippen LogP contribution in [0.25, 0.3) is 0 Å². The molecule has 100 valence electrons. The third-order valence-electron chi connectivity index (χ3n) is 2.78. The third-order valence-corrected chi connectivity index (χ3v) is 2.78. The molecule has 6 nitrogen and oxygen atoms in total. The molecule has 0 aromatic rings. The first-order valence-corrected chi connectivity index (χ1v) is 5.79. The van der Waals surface area contributed by atoms with Gasteiger partial charge in [-0.2, -0.15) is 0 Å². The first-order valence-electron chi connectivity index (χ1n) is 5.79. The van der Waals surface area contributed by atoms with Crippen molar-refractivity contribution in [3.05, 3.63) is 0 Å². The summed E-state index contributed by atoms with van der Waals surface area (Å²) < 4.78 is 5.29. The molecule has 0 saturated carbocycles. The number of carbonyl (C=O) groups is 2. The van der Waals surface area contributed by atoms with Crippen LogP contribution in [-0.4, -0.2) is 41.9 Å². The average Bonchev–Trinajstić information content (AvgIpc) is 2.28. The molecular weight excluding hydrogens is 236 g/mol. The maximum absolute atomic E-state index is 11.7. The van der Waals surface area contributed by atoms with Crippen LogP contribution in [-0.2, 0) is 9.53 Å². The van der Waals surface area contributed by atoms with Crippen molar-refractivity contribution in [3.8, 4) is 12.3 Å². The highest BCUT2D eigenvalue weighted by Gasteiger charge is 2.30. The Morgan fingerprint density at radius 2 is 2.33 bits per heavy atom. The van der Waals surface area contributed by atoms with Crippen molar-refractivity contribution >= 4 is 12.0 Å². The second kappa shape index (κ2) is 6.26. The van der Waals surface area contributed by atoms with Crippen molar-refractivity contribution in [2.24, 2.45) is 0 Å². The lowest BCUT2D eigenvalue weighted by atomic mass is 9.95. The van der Waals surface area contributed by atoms with Gasteiger partial charge in [0, 0.05) is 13.0 Å². The molecule has 1 fully saturated rings. The number of rotatable bonds is 4. The van der Waals surface area contributed by atoms with Crippen LogP contribution in [0, 0.1) is 12.3 Å². The Bertz CT molecular complexity index is 356. The number of carboxylic acid groups (broad SMARTS) is 1. The molecule has 3 N–H and O–H groups in total. The van der Waals surface area contributed by atoms with Crippen LogP contribution in [0.15, 0.2) is 0 Å². The summed E-state index contributed by atoms with van der Waals surface area (Å²) in [6, 6.07) is -1.60. The van der Waals surface area contributed by atoms with E-state index in [-0.39, 0.29) is 6.42 Å². The maximum atomic E-state index is 11.7. The molecule has 0 aliphatic carbocycles. The largest absolute Gasteiger partial charge is 0.480 e. The van der Waals surface area contributed by atoms with Gasteiger partial charge in [-0.3, -0.25) is 0 Å². The first kappa shape index (κ1) is 14.3. The first-order chi connectivity index (χ1) is 8.47. The molecule has 2 unspecified atom stereocenters. The monoisotopic (exact) mass is 254 g/mol. The van der Waals surface area contributed by atoms with Crippen LogP contribution in [0.4, 0.5) is 4.79 Å². The molecule has 1 aliphatic rings. The molecule has 2 atom stereocenters. The van der Waals surface area contributed by atoms with E-state index in [4.69, 9.17) is 16.3 Å². The zero-order chi connectivity index (χ0) is 13.6. The lowest BCUT2D eigenvalue weighted by molar-refractivity contribution is -0.139. The van der Waals surface area contributed by atoms with Gasteiger partial charge < -0.3 is 20.5 Å². The van der Waals surface area contributed by atoms with E-state index in [1.54, 1.807) is 0 Å². The number of aliphatic carboxylic acids is 1. The Balaban J connectivity index is 2.49. The number of ether oxygens (including phenoxy) is 1. The van der Waals surface area contributed by atoms with Crippen molar-refractivity contribution in [1.29, 1.82) is 0 Å². The van der Waals surface area contributed by atoms with E-state index in [0.29, 0.717) is 13.2 Å². The summed E-state index contributed by atoms with van der Waals surface area (Å²) in [7, 11) is 0. The summed E-state index contributed by atoms with van der Waals surface area (Å²) in [5, 5.41) is 13.9. The molecule has 2 amide bonds. The summed E-state index contributed by atoms with van der Waals surface area (Å²) in [4.78, 5) is 22.5. The topological polar surface area (TPSA) is 87.7 Å². The van der Waals surface area contributed by atoms with Gasteiger partial charge in [0.05, 0.1) is 12.1 Å². The summed E-state index contributed by atoms with van der Waals surface area (Å²) in [6.45, 7) is 2.98. The minimum Gasteiger partial charge on any atom is -0.480 e. The third kappa shape index (κ3) is 4.26. The fraction of sp³-hybridized carbons (Fsp3) is 0.667. The van der Waals surface area contributed by atoms with E-state index in [1.165, 1.54) is 0 Å². The van der Waals surface area contributed by atoms with Gasteiger partial charge in [-0.15, -0.1) is 12.3 Å². The minimum atomic E-state index is -1.15. The summed E-state index contributed by atoms with van der Waals surface area (Å²) >= 11 is 0. The van der Waals surface area contributed by atoms with Gasteiger partial charge in [-0.05, 0) is 19.8 Å². The predicted octanol–water partition coefficient (Wildman–Crippen LogP) is 0.331. The number of terminal acetylenes is 1. The van der Waals surface area contributed by atoms with Crippen molar-refractivity contribution in [3.63, 3.8) is 0 Å². The number of nitrogens with one attached hydrogen (secondary N) is 2. The van der Waals surface area contributed by atoms with Gasteiger partial charge in [0.2, 0.25) is 0 Å². The highest BCUT2D eigenvalue weighted by Crippen LogP contribution is 2.17. The number of carboxylic acids is 1. The second-order valence-corrected chi connectivity index (χ2v) is 4.61. The molecule has 0 spiro atoms. The van der Waals surface area contributed by atoms with E-state index < -0.39 is 23.6 Å². The SMILES string of the molecule is C#CCC(NC(=O)NC1(C)CCCOC1)C(=O)O. The van der Waals surface area contributed by atoms with Gasteiger partial charge in [-0.1, -0.05) is 0 Å². The molecule has 1 heterocycles. The Morgan fingerprint density at radius 3 is 2.83 bits per heavy atom. The molecule has 6 heteroatoms. The molecule has 0 aromatic heterocycles. The van der Waals surface area contributed by atoms with Gasteiger partial charge >= 0.3 is 12.0 Å². The zero-order valence-corrected chi connectivity index (χ0v) is 10.4. The number of hydrogen-bond donors (Lipinski definition) is 3. The van der Waals surface area contributed by atoms with Crippen molar-refractivity contribution in [2.75, 3.05) is 13.2 Å². The van der Waals surface area contributed by atoms with Crippen LogP contribution in [0.2, 0.25) is 0 Å². The van der Waals surface area contributed by atoms with E-state index in [2.05, 4.69) is 16.6 Å². The Morgan fingerprint density at radius 1 is 1.61 bits per heavy atom. The molecule has 0 aromatic carbocycles. The zero-order valence-electron chi connectivity index (χ0n) is 10.4. The van der Waals surface area contributed by atoms with Crippen LogP contribution in [0.1, 0.15) is 26.2 Å². The fourth-order valence-electron chi connectivity index (χ4n) is 1.82. The Labute approximate surface area is 106 Å². The van der Waals surface area contributed by atoms with Crippen LogP contribution < -0.4 is 10.6 Å². The maximum Gasteiger partial charge on any atom is 0.327 e. The highest BCUT2D eigenvalue weighted by atomic mass is 16.5. The predicted molar refractivity (Wildman–Crippen MR) is 65.0 cm³/mol. The average molecular weight is 254 g/mol. The Kier molecular flexibility index (Phi) is 4.98. The van der Waals surface area contributed by atoms with E-state index in [0.717, 1.165) is 12.8 Å². The smallest absolute Gasteiger partial charge is 0.327 e. The fourth-order valence-corrected chi connectivity index (χ4v) is 1.82. The van der Waals surface area contributed by atoms with Crippen LogP contribution in [0.3, 0.4) is 0 Å². The van der Waals surface area contributed by atoms with E-state index >= 15 is 0 Å². The standard InChI is InChI=1S/C12H18N2O4/c1-3-5-9(10(15)16)13-11(17)14-12(2)6-4-7-18-8-12/h1,9H,4-8H2,2H3,(H,15,16)(H2,13,14,17). The second-order valence-electron chi connectivity index (χ2n) is 4.61. The normalized spacial score (nSPS) is 24.7. The Hall–Kier alpha value is -1.74. The van der Waals surface area contributed by atoms with Crippen LogP contribution >= 0.6 is 0 Å². The molecule has 1 rings (SSSR count). The lowest BCUT2D eigenvalue weighted by Gasteiger charge is -2.34. The van der Waals surface area contributed by atoms with E-state index in [1.807, 2.05) is 6.92 Å². The molecule has 0 radical (unpaired) electrons. The lowest BCUT2D eigenvalue weighted by Crippen LogP contribution is -2.57. The van der Waals surface area contributed by atoms with E-state index in [9.17, 15) is 9.59 Å². The molecule has 0 bridgehead atoms. The number of carbonyl (C=O) groups excluding carboxylic acids is 1. The molecule has 1 aliphatic heterocycles. The molecule has 18 heavy (non-hydrogen) atoms. The van der Waals surface area contributed by atoms with Crippen molar-refractivity contribution in [2.45, 2.75) is 37.8 Å². The van der Waals surface area contributed by atoms with Crippen molar-refractivity contribution < 1.29 is 19.4 Å². The van der Waals surface area contributed by atoms with Crippen LogP contribution in [0.5, 0.6) is 0 Å². The number of amides is 2. The van der Waals surface area contributed by atoms with Gasteiger partial charge in [0.15, 0.2) is 0 Å². The summed E-state index contributed by atoms with van der Waals surface area (Å²) in [6.07, 6.45) is 6.67. The number of urea groups is 1. The van der Waals surface area contributed by atoms with Gasteiger partial charge in [0.1, 0.15) is 6.04 Å². The summed E-state index contributed by atoms with van der Waals surface area (Å²) in [5.41, 5.74) is -0.457. The number of hydrogen-bond acceptors (Lipinski definition) is 3. The quantitative estimate of drug-likeness (QED) is 0.631. The van der Waals surface area contributed by atoms with Gasteiger partial charge in [-0.25, -0.2) is 9.59 Å².